The van der Waals surface area contributed by atoms with E-state index in [-0.39, 0.29) is 5.92 Å². The molecule has 16 heavy (non-hydrogen) atoms. The summed E-state index contributed by atoms with van der Waals surface area (Å²) in [7, 11) is 0. The minimum atomic E-state index is -2.22. The van der Waals surface area contributed by atoms with E-state index in [1.807, 2.05) is 18.2 Å². The van der Waals surface area contributed by atoms with Gasteiger partial charge in [0, 0.05) is 11.6 Å². The molecule has 1 aliphatic carbocycles. The van der Waals surface area contributed by atoms with E-state index in [0.29, 0.717) is 12.1 Å². The molecule has 1 fully saturated rings. The van der Waals surface area contributed by atoms with Crippen molar-refractivity contribution in [3.63, 3.8) is 0 Å². The molecule has 0 aliphatic heterocycles. The van der Waals surface area contributed by atoms with Gasteiger partial charge in [-0.2, -0.15) is 0 Å². The van der Waals surface area contributed by atoms with Crippen molar-refractivity contribution >= 4 is 5.69 Å². The Morgan fingerprint density at radius 3 is 2.62 bits per heavy atom. The SMILES string of the molecule is Nc1cccc(C2CCCCC2C(F)F)c1. The highest BCUT2D eigenvalue weighted by Gasteiger charge is 2.32. The van der Waals surface area contributed by atoms with Crippen molar-refractivity contribution in [3.05, 3.63) is 29.8 Å². The maximum absolute atomic E-state index is 12.9. The Morgan fingerprint density at radius 1 is 1.19 bits per heavy atom. The zero-order valence-electron chi connectivity index (χ0n) is 9.20. The van der Waals surface area contributed by atoms with E-state index in [1.165, 1.54) is 0 Å². The standard InChI is InChI=1S/C13H17F2N/c14-13(15)12-7-2-1-6-11(12)9-4-3-5-10(16)8-9/h3-5,8,11-13H,1-2,6-7,16H2. The molecule has 3 heteroatoms. The summed E-state index contributed by atoms with van der Waals surface area (Å²) in [4.78, 5) is 0. The number of halogens is 2. The van der Waals surface area contributed by atoms with Gasteiger partial charge in [0.05, 0.1) is 0 Å². The third kappa shape index (κ3) is 2.34. The van der Waals surface area contributed by atoms with Gasteiger partial charge in [-0.3, -0.25) is 0 Å². The molecule has 2 rings (SSSR count). The lowest BCUT2D eigenvalue weighted by atomic mass is 9.75. The van der Waals surface area contributed by atoms with E-state index in [0.717, 1.165) is 24.8 Å². The average molecular weight is 225 g/mol. The number of rotatable bonds is 2. The van der Waals surface area contributed by atoms with Gasteiger partial charge in [-0.15, -0.1) is 0 Å². The molecule has 88 valence electrons. The van der Waals surface area contributed by atoms with Crippen LogP contribution in [0.15, 0.2) is 24.3 Å². The van der Waals surface area contributed by atoms with Crippen LogP contribution in [0.2, 0.25) is 0 Å². The molecule has 0 aromatic heterocycles. The van der Waals surface area contributed by atoms with Crippen LogP contribution in [0.4, 0.5) is 14.5 Å². The second-order valence-corrected chi connectivity index (χ2v) is 4.56. The highest BCUT2D eigenvalue weighted by molar-refractivity contribution is 5.42. The normalized spacial score (nSPS) is 25.9. The first-order valence-corrected chi connectivity index (χ1v) is 5.82. The molecule has 0 amide bonds. The molecule has 0 radical (unpaired) electrons. The molecule has 1 nitrogen and oxygen atoms in total. The fraction of sp³-hybridized carbons (Fsp3) is 0.538. The first-order valence-electron chi connectivity index (χ1n) is 5.82. The second-order valence-electron chi connectivity index (χ2n) is 4.56. The predicted molar refractivity (Wildman–Crippen MR) is 61.6 cm³/mol. The van der Waals surface area contributed by atoms with Crippen molar-refractivity contribution in [2.24, 2.45) is 5.92 Å². The van der Waals surface area contributed by atoms with Crippen LogP contribution in [0.5, 0.6) is 0 Å². The summed E-state index contributed by atoms with van der Waals surface area (Å²) < 4.78 is 25.9. The summed E-state index contributed by atoms with van der Waals surface area (Å²) in [5, 5.41) is 0. The number of benzene rings is 1. The third-order valence-corrected chi connectivity index (χ3v) is 3.48. The Kier molecular flexibility index (Phi) is 3.42. The third-order valence-electron chi connectivity index (χ3n) is 3.48. The highest BCUT2D eigenvalue weighted by atomic mass is 19.3. The zero-order valence-corrected chi connectivity index (χ0v) is 9.20. The van der Waals surface area contributed by atoms with Gasteiger partial charge < -0.3 is 5.73 Å². The minimum absolute atomic E-state index is 0.0164. The average Bonchev–Trinajstić information content (AvgIpc) is 2.29. The largest absolute Gasteiger partial charge is 0.399 e. The van der Waals surface area contributed by atoms with Crippen LogP contribution in [0.3, 0.4) is 0 Å². The predicted octanol–water partition coefficient (Wildman–Crippen LogP) is 3.81. The summed E-state index contributed by atoms with van der Waals surface area (Å²) in [5.41, 5.74) is 7.34. The van der Waals surface area contributed by atoms with Gasteiger partial charge in [0.25, 0.3) is 0 Å². The van der Waals surface area contributed by atoms with Crippen molar-refractivity contribution in [1.82, 2.24) is 0 Å². The van der Waals surface area contributed by atoms with Gasteiger partial charge in [-0.1, -0.05) is 25.0 Å². The molecule has 2 N–H and O–H groups in total. The van der Waals surface area contributed by atoms with Crippen molar-refractivity contribution in [2.75, 3.05) is 5.73 Å². The number of hydrogen-bond donors (Lipinski definition) is 1. The van der Waals surface area contributed by atoms with E-state index in [1.54, 1.807) is 6.07 Å². The smallest absolute Gasteiger partial charge is 0.242 e. The Morgan fingerprint density at radius 2 is 1.94 bits per heavy atom. The van der Waals surface area contributed by atoms with Gasteiger partial charge in [0.2, 0.25) is 6.43 Å². The van der Waals surface area contributed by atoms with E-state index in [9.17, 15) is 8.78 Å². The van der Waals surface area contributed by atoms with Crippen LogP contribution < -0.4 is 5.73 Å². The zero-order chi connectivity index (χ0) is 11.5. The van der Waals surface area contributed by atoms with E-state index >= 15 is 0 Å². The quantitative estimate of drug-likeness (QED) is 0.761. The monoisotopic (exact) mass is 225 g/mol. The highest BCUT2D eigenvalue weighted by Crippen LogP contribution is 2.41. The van der Waals surface area contributed by atoms with Gasteiger partial charge in [-0.25, -0.2) is 8.78 Å². The minimum Gasteiger partial charge on any atom is -0.399 e. The first kappa shape index (κ1) is 11.4. The second kappa shape index (κ2) is 4.81. The van der Waals surface area contributed by atoms with Crippen LogP contribution in [0, 0.1) is 5.92 Å². The van der Waals surface area contributed by atoms with Crippen molar-refractivity contribution < 1.29 is 8.78 Å². The molecular weight excluding hydrogens is 208 g/mol. The van der Waals surface area contributed by atoms with Gasteiger partial charge in [0.15, 0.2) is 0 Å². The summed E-state index contributed by atoms with van der Waals surface area (Å²) in [6, 6.07) is 7.40. The maximum Gasteiger partial charge on any atom is 0.242 e. The Balaban J connectivity index is 2.23. The molecule has 1 saturated carbocycles. The fourth-order valence-electron chi connectivity index (χ4n) is 2.66. The van der Waals surface area contributed by atoms with Crippen LogP contribution in [-0.4, -0.2) is 6.43 Å². The number of nitrogen functional groups attached to an aromatic ring is 1. The molecule has 2 unspecified atom stereocenters. The van der Waals surface area contributed by atoms with Crippen LogP contribution >= 0.6 is 0 Å². The number of alkyl halides is 2. The molecule has 0 heterocycles. The topological polar surface area (TPSA) is 26.0 Å². The van der Waals surface area contributed by atoms with Crippen molar-refractivity contribution in [3.8, 4) is 0 Å². The number of anilines is 1. The lowest BCUT2D eigenvalue weighted by molar-refractivity contribution is 0.0430. The van der Waals surface area contributed by atoms with Crippen LogP contribution in [0.1, 0.15) is 37.2 Å². The van der Waals surface area contributed by atoms with Gasteiger partial charge in [-0.05, 0) is 36.5 Å². The molecule has 0 spiro atoms. The fourth-order valence-corrected chi connectivity index (χ4v) is 2.66. The molecule has 0 saturated heterocycles. The van der Waals surface area contributed by atoms with Gasteiger partial charge >= 0.3 is 0 Å². The molecule has 1 aliphatic rings. The van der Waals surface area contributed by atoms with Crippen LogP contribution in [-0.2, 0) is 0 Å². The summed E-state index contributed by atoms with van der Waals surface area (Å²) in [6.07, 6.45) is 1.25. The molecular formula is C13H17F2N. The summed E-state index contributed by atoms with van der Waals surface area (Å²) in [6.45, 7) is 0. The van der Waals surface area contributed by atoms with E-state index in [2.05, 4.69) is 0 Å². The van der Waals surface area contributed by atoms with E-state index in [4.69, 9.17) is 5.73 Å². The Hall–Kier alpha value is -1.12. The molecule has 1 aromatic rings. The lowest BCUT2D eigenvalue weighted by Crippen LogP contribution is -2.24. The van der Waals surface area contributed by atoms with Crippen molar-refractivity contribution in [1.29, 1.82) is 0 Å². The lowest BCUT2D eigenvalue weighted by Gasteiger charge is -2.31. The molecule has 0 bridgehead atoms. The molecule has 1 aromatic carbocycles. The van der Waals surface area contributed by atoms with Gasteiger partial charge in [0.1, 0.15) is 0 Å². The number of nitrogens with two attached hydrogens (primary N) is 1. The summed E-state index contributed by atoms with van der Waals surface area (Å²) in [5.74, 6) is -0.507. The Bertz CT molecular complexity index is 352. The Labute approximate surface area is 94.7 Å². The maximum atomic E-state index is 12.9. The first-order chi connectivity index (χ1) is 7.68. The van der Waals surface area contributed by atoms with Crippen LogP contribution in [0.25, 0.3) is 0 Å². The summed E-state index contributed by atoms with van der Waals surface area (Å²) >= 11 is 0. The van der Waals surface area contributed by atoms with E-state index < -0.39 is 12.3 Å². The van der Waals surface area contributed by atoms with Crippen molar-refractivity contribution in [2.45, 2.75) is 38.0 Å². The molecule has 2 atom stereocenters. The number of hydrogen-bond acceptors (Lipinski definition) is 1.